The van der Waals surface area contributed by atoms with Crippen LogP contribution >= 0.6 is 0 Å². The van der Waals surface area contributed by atoms with E-state index in [-0.39, 0.29) is 0 Å². The molecule has 1 aliphatic rings. The van der Waals surface area contributed by atoms with Crippen molar-refractivity contribution < 1.29 is 0 Å². The molecule has 1 saturated carbocycles. The quantitative estimate of drug-likeness (QED) is 0.754. The molecule has 0 amide bonds. The maximum Gasteiger partial charge on any atom is 0.00642 e. The van der Waals surface area contributed by atoms with Crippen LogP contribution < -0.4 is 10.6 Å². The molecular formula is C16H26N2. The summed E-state index contributed by atoms with van der Waals surface area (Å²) in [4.78, 5) is 0. The zero-order valence-electron chi connectivity index (χ0n) is 11.5. The largest absolute Gasteiger partial charge is 0.317 e. The van der Waals surface area contributed by atoms with Gasteiger partial charge in [0, 0.05) is 6.04 Å². The minimum atomic E-state index is 0.769. The number of hydrogen-bond donors (Lipinski definition) is 2. The Kier molecular flexibility index (Phi) is 5.69. The van der Waals surface area contributed by atoms with Gasteiger partial charge in [-0.1, -0.05) is 30.3 Å². The molecule has 18 heavy (non-hydrogen) atoms. The second-order valence-electron chi connectivity index (χ2n) is 5.45. The average molecular weight is 246 g/mol. The van der Waals surface area contributed by atoms with Gasteiger partial charge in [0.05, 0.1) is 0 Å². The first-order chi connectivity index (χ1) is 8.88. The normalized spacial score (nSPS) is 24.1. The zero-order chi connectivity index (χ0) is 12.6. The molecule has 2 N–H and O–H groups in total. The Morgan fingerprint density at radius 3 is 2.44 bits per heavy atom. The fourth-order valence-electron chi connectivity index (χ4n) is 2.84. The Morgan fingerprint density at radius 1 is 1.06 bits per heavy atom. The number of hydrogen-bond acceptors (Lipinski definition) is 2. The summed E-state index contributed by atoms with van der Waals surface area (Å²) in [6.45, 7) is 2.30. The lowest BCUT2D eigenvalue weighted by Crippen LogP contribution is -2.34. The molecule has 0 radical (unpaired) electrons. The molecule has 0 aliphatic heterocycles. The van der Waals surface area contributed by atoms with E-state index in [1.165, 1.54) is 37.8 Å². The van der Waals surface area contributed by atoms with Gasteiger partial charge in [0.2, 0.25) is 0 Å². The molecule has 100 valence electrons. The van der Waals surface area contributed by atoms with Crippen LogP contribution in [0.3, 0.4) is 0 Å². The molecule has 0 heterocycles. The van der Waals surface area contributed by atoms with Crippen molar-refractivity contribution in [3.63, 3.8) is 0 Å². The van der Waals surface area contributed by atoms with Crippen molar-refractivity contribution in [3.8, 4) is 0 Å². The van der Waals surface area contributed by atoms with Gasteiger partial charge in [-0.05, 0) is 63.7 Å². The highest BCUT2D eigenvalue weighted by Gasteiger charge is 2.19. The molecule has 1 fully saturated rings. The first kappa shape index (κ1) is 13.6. The summed E-state index contributed by atoms with van der Waals surface area (Å²) in [5, 5.41) is 7.01. The van der Waals surface area contributed by atoms with Crippen LogP contribution in [0.1, 0.15) is 31.2 Å². The Morgan fingerprint density at radius 2 is 1.78 bits per heavy atom. The summed E-state index contributed by atoms with van der Waals surface area (Å²) in [6, 6.07) is 11.5. The van der Waals surface area contributed by atoms with Gasteiger partial charge in [0.1, 0.15) is 0 Å². The molecule has 0 atom stereocenters. The fourth-order valence-corrected chi connectivity index (χ4v) is 2.84. The van der Waals surface area contributed by atoms with Crippen LogP contribution in [0.5, 0.6) is 0 Å². The molecule has 2 rings (SSSR count). The van der Waals surface area contributed by atoms with Crippen molar-refractivity contribution in [1.29, 1.82) is 0 Å². The van der Waals surface area contributed by atoms with Gasteiger partial charge in [-0.15, -0.1) is 0 Å². The lowest BCUT2D eigenvalue weighted by Gasteiger charge is -2.28. The van der Waals surface area contributed by atoms with E-state index in [9.17, 15) is 0 Å². The predicted molar refractivity (Wildman–Crippen MR) is 77.8 cm³/mol. The van der Waals surface area contributed by atoms with Gasteiger partial charge < -0.3 is 10.6 Å². The van der Waals surface area contributed by atoms with Gasteiger partial charge >= 0.3 is 0 Å². The third kappa shape index (κ3) is 4.43. The van der Waals surface area contributed by atoms with Gasteiger partial charge in [-0.25, -0.2) is 0 Å². The third-order valence-corrected chi connectivity index (χ3v) is 4.12. The predicted octanol–water partition coefficient (Wildman–Crippen LogP) is 2.60. The molecule has 0 bridgehead atoms. The van der Waals surface area contributed by atoms with Crippen LogP contribution in [-0.2, 0) is 6.42 Å². The van der Waals surface area contributed by atoms with E-state index in [2.05, 4.69) is 48.0 Å². The highest BCUT2D eigenvalue weighted by molar-refractivity contribution is 5.14. The average Bonchev–Trinajstić information content (AvgIpc) is 2.45. The molecule has 2 nitrogen and oxygen atoms in total. The lowest BCUT2D eigenvalue weighted by molar-refractivity contribution is 0.293. The topological polar surface area (TPSA) is 24.1 Å². The van der Waals surface area contributed by atoms with Crippen LogP contribution in [0, 0.1) is 5.92 Å². The maximum absolute atomic E-state index is 3.62. The highest BCUT2D eigenvalue weighted by atomic mass is 14.9. The van der Waals surface area contributed by atoms with E-state index in [4.69, 9.17) is 0 Å². The number of rotatable bonds is 6. The molecule has 1 aromatic carbocycles. The second-order valence-corrected chi connectivity index (χ2v) is 5.45. The highest BCUT2D eigenvalue weighted by Crippen LogP contribution is 2.23. The molecule has 0 spiro atoms. The van der Waals surface area contributed by atoms with E-state index in [0.29, 0.717) is 0 Å². The molecule has 0 unspecified atom stereocenters. The van der Waals surface area contributed by atoms with E-state index in [1.807, 2.05) is 0 Å². The standard InChI is InChI=1S/C16H26N2/c1-17-16-9-7-15(8-10-16)13-18-12-11-14-5-3-2-4-6-14/h2-6,15-18H,7-13H2,1H3. The Labute approximate surface area is 111 Å². The van der Waals surface area contributed by atoms with E-state index in [0.717, 1.165) is 24.9 Å². The van der Waals surface area contributed by atoms with E-state index in [1.54, 1.807) is 0 Å². The Bertz CT molecular complexity index is 315. The maximum atomic E-state index is 3.62. The smallest absolute Gasteiger partial charge is 0.00642 e. The third-order valence-electron chi connectivity index (χ3n) is 4.12. The van der Waals surface area contributed by atoms with Crippen LogP contribution in [0.4, 0.5) is 0 Å². The number of benzene rings is 1. The first-order valence-electron chi connectivity index (χ1n) is 7.30. The summed E-state index contributed by atoms with van der Waals surface area (Å²) in [7, 11) is 2.09. The monoisotopic (exact) mass is 246 g/mol. The van der Waals surface area contributed by atoms with Crippen LogP contribution in [0.15, 0.2) is 30.3 Å². The van der Waals surface area contributed by atoms with Crippen molar-refractivity contribution in [1.82, 2.24) is 10.6 Å². The zero-order valence-corrected chi connectivity index (χ0v) is 11.5. The fraction of sp³-hybridized carbons (Fsp3) is 0.625. The first-order valence-corrected chi connectivity index (χ1v) is 7.30. The summed E-state index contributed by atoms with van der Waals surface area (Å²) >= 11 is 0. The van der Waals surface area contributed by atoms with Crippen molar-refractivity contribution >= 4 is 0 Å². The van der Waals surface area contributed by atoms with Crippen molar-refractivity contribution in [3.05, 3.63) is 35.9 Å². The summed E-state index contributed by atoms with van der Waals surface area (Å²) in [5.74, 6) is 0.894. The Hall–Kier alpha value is -0.860. The SMILES string of the molecule is CNC1CCC(CNCCc2ccccc2)CC1. The summed E-state index contributed by atoms with van der Waals surface area (Å²) < 4.78 is 0. The molecule has 1 aliphatic carbocycles. The molecule has 0 aromatic heterocycles. The summed E-state index contributed by atoms with van der Waals surface area (Å²) in [5.41, 5.74) is 1.43. The second kappa shape index (κ2) is 7.55. The van der Waals surface area contributed by atoms with Crippen LogP contribution in [0.2, 0.25) is 0 Å². The van der Waals surface area contributed by atoms with Gasteiger partial charge in [-0.3, -0.25) is 0 Å². The van der Waals surface area contributed by atoms with Crippen molar-refractivity contribution in [2.24, 2.45) is 5.92 Å². The van der Waals surface area contributed by atoms with E-state index < -0.39 is 0 Å². The molecular weight excluding hydrogens is 220 g/mol. The number of nitrogens with one attached hydrogen (secondary N) is 2. The van der Waals surface area contributed by atoms with E-state index >= 15 is 0 Å². The van der Waals surface area contributed by atoms with Gasteiger partial charge in [0.25, 0.3) is 0 Å². The molecule has 0 saturated heterocycles. The van der Waals surface area contributed by atoms with Crippen LogP contribution in [-0.4, -0.2) is 26.2 Å². The minimum Gasteiger partial charge on any atom is -0.317 e. The lowest BCUT2D eigenvalue weighted by atomic mass is 9.86. The van der Waals surface area contributed by atoms with Gasteiger partial charge in [0.15, 0.2) is 0 Å². The van der Waals surface area contributed by atoms with Gasteiger partial charge in [-0.2, -0.15) is 0 Å². The molecule has 2 heteroatoms. The van der Waals surface area contributed by atoms with Crippen molar-refractivity contribution in [2.75, 3.05) is 20.1 Å². The summed E-state index contributed by atoms with van der Waals surface area (Å²) in [6.07, 6.45) is 6.60. The molecule has 1 aromatic rings. The Balaban J connectivity index is 1.56. The van der Waals surface area contributed by atoms with Crippen molar-refractivity contribution in [2.45, 2.75) is 38.1 Å². The minimum absolute atomic E-state index is 0.769. The van der Waals surface area contributed by atoms with Crippen LogP contribution in [0.25, 0.3) is 0 Å².